The summed E-state index contributed by atoms with van der Waals surface area (Å²) in [4.78, 5) is 16.7. The Labute approximate surface area is 214 Å². The monoisotopic (exact) mass is 527 g/mol. The van der Waals surface area contributed by atoms with Gasteiger partial charge in [-0.2, -0.15) is 23.3 Å². The van der Waals surface area contributed by atoms with Crippen LogP contribution in [0.4, 0.5) is 13.2 Å². The van der Waals surface area contributed by atoms with Crippen molar-refractivity contribution in [3.8, 4) is 28.5 Å². The van der Waals surface area contributed by atoms with Crippen LogP contribution in [0.2, 0.25) is 0 Å². The summed E-state index contributed by atoms with van der Waals surface area (Å²) < 4.78 is 47.9. The summed E-state index contributed by atoms with van der Waals surface area (Å²) in [7, 11) is 0. The van der Waals surface area contributed by atoms with Crippen molar-refractivity contribution in [3.05, 3.63) is 72.1 Å². The van der Waals surface area contributed by atoms with Crippen molar-refractivity contribution >= 4 is 5.91 Å². The third-order valence-corrected chi connectivity index (χ3v) is 6.68. The van der Waals surface area contributed by atoms with Gasteiger partial charge in [-0.05, 0) is 30.5 Å². The quantitative estimate of drug-likeness (QED) is 0.331. The second-order valence-electron chi connectivity index (χ2n) is 9.23. The first-order valence-corrected chi connectivity index (χ1v) is 12.0. The normalized spacial score (nSPS) is 15.9. The predicted octanol–water partition coefficient (Wildman–Crippen LogP) is 4.06. The number of nitrogens with zero attached hydrogens (tertiary/aromatic N) is 4. The van der Waals surface area contributed by atoms with Crippen molar-refractivity contribution in [1.29, 1.82) is 0 Å². The zero-order valence-corrected chi connectivity index (χ0v) is 20.0. The molecular weight excluding hydrogens is 503 g/mol. The molecule has 38 heavy (non-hydrogen) atoms. The molecule has 0 saturated heterocycles. The number of halogens is 3. The Kier molecular flexibility index (Phi) is 6.76. The molecule has 2 heterocycles. The van der Waals surface area contributed by atoms with Gasteiger partial charge in [-0.15, -0.1) is 0 Å². The lowest BCUT2D eigenvalue weighted by atomic mass is 9.97. The Bertz CT molecular complexity index is 1410. The molecule has 1 saturated carbocycles. The molecule has 0 radical (unpaired) electrons. The fourth-order valence-corrected chi connectivity index (χ4v) is 4.66. The van der Waals surface area contributed by atoms with E-state index >= 15 is 0 Å². The number of rotatable bonds is 7. The second-order valence-corrected chi connectivity index (χ2v) is 9.23. The molecule has 1 atom stereocenters. The van der Waals surface area contributed by atoms with Crippen molar-refractivity contribution < 1.29 is 32.7 Å². The van der Waals surface area contributed by atoms with Crippen molar-refractivity contribution in [1.82, 2.24) is 25.2 Å². The molecule has 1 amide bonds. The molecule has 2 aromatic carbocycles. The van der Waals surface area contributed by atoms with E-state index in [2.05, 4.69) is 20.6 Å². The van der Waals surface area contributed by atoms with E-state index in [0.717, 1.165) is 23.7 Å². The molecule has 1 fully saturated rings. The van der Waals surface area contributed by atoms with E-state index in [9.17, 15) is 28.2 Å². The molecule has 0 unspecified atom stereocenters. The molecule has 12 heteroatoms. The Morgan fingerprint density at radius 1 is 1.11 bits per heavy atom. The molecule has 0 spiro atoms. The first-order chi connectivity index (χ1) is 18.2. The highest BCUT2D eigenvalue weighted by Gasteiger charge is 2.41. The topological polar surface area (TPSA) is 126 Å². The zero-order valence-electron chi connectivity index (χ0n) is 20.0. The maximum atomic E-state index is 14.0. The van der Waals surface area contributed by atoms with E-state index in [-0.39, 0.29) is 29.6 Å². The number of benzene rings is 2. The van der Waals surface area contributed by atoms with E-state index in [4.69, 9.17) is 4.52 Å². The van der Waals surface area contributed by atoms with Gasteiger partial charge < -0.3 is 20.1 Å². The largest absolute Gasteiger partial charge is 0.434 e. The van der Waals surface area contributed by atoms with Gasteiger partial charge in [-0.1, -0.05) is 60.5 Å². The lowest BCUT2D eigenvalue weighted by Crippen LogP contribution is -2.50. The van der Waals surface area contributed by atoms with E-state index in [1.807, 2.05) is 0 Å². The zero-order chi connectivity index (χ0) is 26.9. The van der Waals surface area contributed by atoms with Crippen LogP contribution in [0.3, 0.4) is 0 Å². The Morgan fingerprint density at radius 3 is 2.42 bits per heavy atom. The average Bonchev–Trinajstić information content (AvgIpc) is 3.68. The maximum Gasteiger partial charge on any atom is 0.434 e. The van der Waals surface area contributed by atoms with Crippen LogP contribution in [0, 0.1) is 0 Å². The summed E-state index contributed by atoms with van der Waals surface area (Å²) in [5, 5.41) is 30.7. The number of alkyl halides is 3. The standard InChI is InChI=1S/C26H24F3N5O4/c27-26(28,29)21-19(14-30-34(21)18-6-2-1-3-7-18)24-31-22(33-38-24)17-10-8-16(9-11-17)20(36)23(37)32-25(15-35)12-4-5-13-25/h1-3,6-11,14,20,35-36H,4-5,12-13,15H2,(H,32,37)/t20-/m0/s1. The average molecular weight is 528 g/mol. The summed E-state index contributed by atoms with van der Waals surface area (Å²) in [5.74, 6) is -0.953. The number of hydrogen-bond donors (Lipinski definition) is 3. The molecule has 9 nitrogen and oxygen atoms in total. The van der Waals surface area contributed by atoms with Gasteiger partial charge in [-0.3, -0.25) is 4.79 Å². The molecule has 3 N–H and O–H groups in total. The van der Waals surface area contributed by atoms with Crippen LogP contribution in [0.25, 0.3) is 28.5 Å². The van der Waals surface area contributed by atoms with Gasteiger partial charge in [-0.25, -0.2) is 4.68 Å². The van der Waals surface area contributed by atoms with Gasteiger partial charge in [0.05, 0.1) is 29.6 Å². The molecular formula is C26H24F3N5O4. The number of aromatic nitrogens is 4. The minimum absolute atomic E-state index is 0.0243. The molecule has 1 aliphatic carbocycles. The third kappa shape index (κ3) is 4.92. The number of amides is 1. The second kappa shape index (κ2) is 10.0. The molecule has 0 aliphatic heterocycles. The van der Waals surface area contributed by atoms with Crippen molar-refractivity contribution in [2.24, 2.45) is 0 Å². The summed E-state index contributed by atoms with van der Waals surface area (Å²) in [6.07, 6.45) is -2.14. The number of hydrogen-bond acceptors (Lipinski definition) is 7. The van der Waals surface area contributed by atoms with E-state index < -0.39 is 29.4 Å². The van der Waals surface area contributed by atoms with Gasteiger partial charge in [0.1, 0.15) is 0 Å². The number of carbonyl (C=O) groups is 1. The maximum absolute atomic E-state index is 14.0. The fourth-order valence-electron chi connectivity index (χ4n) is 4.66. The van der Waals surface area contributed by atoms with Crippen molar-refractivity contribution in [3.63, 3.8) is 0 Å². The van der Waals surface area contributed by atoms with E-state index in [1.54, 1.807) is 18.2 Å². The highest BCUT2D eigenvalue weighted by atomic mass is 19.4. The first kappa shape index (κ1) is 25.6. The first-order valence-electron chi connectivity index (χ1n) is 12.0. The number of aliphatic hydroxyl groups is 2. The van der Waals surface area contributed by atoms with Crippen LogP contribution in [-0.2, 0) is 11.0 Å². The van der Waals surface area contributed by atoms with Gasteiger partial charge >= 0.3 is 6.18 Å². The van der Waals surface area contributed by atoms with Gasteiger partial charge in [0.25, 0.3) is 11.8 Å². The smallest absolute Gasteiger partial charge is 0.394 e. The highest BCUT2D eigenvalue weighted by Crippen LogP contribution is 2.38. The summed E-state index contributed by atoms with van der Waals surface area (Å²) in [5.41, 5.74) is -1.21. The summed E-state index contributed by atoms with van der Waals surface area (Å²) >= 11 is 0. The molecule has 198 valence electrons. The Hall–Kier alpha value is -4.03. The SMILES string of the molecule is O=C(NC1(CO)CCCC1)[C@@H](O)c1ccc(-c2noc(-c3cnn(-c4ccccc4)c3C(F)(F)F)n2)cc1. The van der Waals surface area contributed by atoms with Crippen LogP contribution in [0.5, 0.6) is 0 Å². The van der Waals surface area contributed by atoms with Crippen molar-refractivity contribution in [2.75, 3.05) is 6.61 Å². The van der Waals surface area contributed by atoms with E-state index in [0.29, 0.717) is 24.0 Å². The van der Waals surface area contributed by atoms with Crippen LogP contribution >= 0.6 is 0 Å². The fraction of sp³-hybridized carbons (Fsp3) is 0.308. The lowest BCUT2D eigenvalue weighted by molar-refractivity contribution is -0.142. The van der Waals surface area contributed by atoms with Crippen LogP contribution in [0.15, 0.2) is 65.3 Å². The Balaban J connectivity index is 1.37. The number of aliphatic hydroxyl groups excluding tert-OH is 2. The molecule has 2 aromatic heterocycles. The molecule has 0 bridgehead atoms. The predicted molar refractivity (Wildman–Crippen MR) is 129 cm³/mol. The minimum atomic E-state index is -4.75. The molecule has 1 aliphatic rings. The summed E-state index contributed by atoms with van der Waals surface area (Å²) in [6.45, 7) is -0.204. The Morgan fingerprint density at radius 2 is 1.79 bits per heavy atom. The number of para-hydroxylation sites is 1. The van der Waals surface area contributed by atoms with Gasteiger partial charge in [0, 0.05) is 5.56 Å². The minimum Gasteiger partial charge on any atom is -0.394 e. The van der Waals surface area contributed by atoms with Gasteiger partial charge in [0.2, 0.25) is 5.82 Å². The number of nitrogens with one attached hydrogen (secondary N) is 1. The molecule has 4 aromatic rings. The van der Waals surface area contributed by atoms with Crippen molar-refractivity contribution in [2.45, 2.75) is 43.5 Å². The highest BCUT2D eigenvalue weighted by molar-refractivity contribution is 5.83. The third-order valence-electron chi connectivity index (χ3n) is 6.68. The van der Waals surface area contributed by atoms with Gasteiger partial charge in [0.15, 0.2) is 11.8 Å². The van der Waals surface area contributed by atoms with Crippen LogP contribution in [-0.4, -0.2) is 48.2 Å². The molecule has 5 rings (SSSR count). The van der Waals surface area contributed by atoms with E-state index in [1.165, 1.54) is 36.4 Å². The summed E-state index contributed by atoms with van der Waals surface area (Å²) in [6, 6.07) is 13.9. The lowest BCUT2D eigenvalue weighted by Gasteiger charge is -2.29. The number of carbonyl (C=O) groups excluding carboxylic acids is 1. The van der Waals surface area contributed by atoms with Crippen LogP contribution < -0.4 is 5.32 Å². The van der Waals surface area contributed by atoms with Crippen LogP contribution in [0.1, 0.15) is 43.0 Å².